The number of unbranched alkanes of at least 4 members (excludes halogenated alkanes) is 1. The first-order chi connectivity index (χ1) is 9.03. The Morgan fingerprint density at radius 2 is 2.32 bits per heavy atom. The van der Waals surface area contributed by atoms with Gasteiger partial charge in [-0.3, -0.25) is 4.72 Å². The first kappa shape index (κ1) is 13.9. The van der Waals surface area contributed by atoms with Crippen LogP contribution in [-0.4, -0.2) is 24.1 Å². The Morgan fingerprint density at radius 1 is 1.53 bits per heavy atom. The van der Waals surface area contributed by atoms with Crippen LogP contribution in [0.5, 0.6) is 0 Å². The number of nitrogens with zero attached hydrogens (tertiary/aromatic N) is 1. The van der Waals surface area contributed by atoms with Gasteiger partial charge in [-0.2, -0.15) is 0 Å². The Morgan fingerprint density at radius 3 is 3.05 bits per heavy atom. The summed E-state index contributed by atoms with van der Waals surface area (Å²) in [4.78, 5) is 7.08. The van der Waals surface area contributed by atoms with Gasteiger partial charge in [-0.1, -0.05) is 0 Å². The van der Waals surface area contributed by atoms with Crippen molar-refractivity contribution in [2.75, 3.05) is 10.5 Å². The van der Waals surface area contributed by atoms with Crippen molar-refractivity contribution in [2.45, 2.75) is 12.8 Å². The molecule has 7 heteroatoms. The van der Waals surface area contributed by atoms with Gasteiger partial charge < -0.3 is 4.98 Å². The van der Waals surface area contributed by atoms with Crippen molar-refractivity contribution in [3.8, 4) is 12.3 Å². The second-order valence-corrected chi connectivity index (χ2v) is 6.59. The third kappa shape index (κ3) is 3.28. The van der Waals surface area contributed by atoms with Crippen molar-refractivity contribution in [3.05, 3.63) is 22.9 Å². The molecule has 0 saturated heterocycles. The average Bonchev–Trinajstić information content (AvgIpc) is 2.82. The van der Waals surface area contributed by atoms with E-state index in [1.165, 1.54) is 0 Å². The quantitative estimate of drug-likeness (QED) is 0.648. The molecule has 0 spiro atoms. The molecule has 0 atom stereocenters. The molecular weight excluding hydrogens is 330 g/mol. The Labute approximate surface area is 120 Å². The van der Waals surface area contributed by atoms with E-state index < -0.39 is 10.0 Å². The van der Waals surface area contributed by atoms with Gasteiger partial charge in [0.25, 0.3) is 0 Å². The zero-order chi connectivity index (χ0) is 13.9. The summed E-state index contributed by atoms with van der Waals surface area (Å²) in [7, 11) is -3.43. The highest BCUT2D eigenvalue weighted by Crippen LogP contribution is 2.29. The highest BCUT2D eigenvalue weighted by atomic mass is 79.9. The fourth-order valence-corrected chi connectivity index (χ4v) is 3.38. The van der Waals surface area contributed by atoms with Gasteiger partial charge in [0, 0.05) is 18.0 Å². The van der Waals surface area contributed by atoms with Gasteiger partial charge in [0.05, 0.1) is 21.9 Å². The minimum Gasteiger partial charge on any atom is -0.360 e. The highest BCUT2D eigenvalue weighted by Gasteiger charge is 2.14. The number of aromatic amines is 1. The largest absolute Gasteiger partial charge is 0.360 e. The lowest BCUT2D eigenvalue weighted by Gasteiger charge is -2.08. The minimum absolute atomic E-state index is 0.0174. The Balaban J connectivity index is 2.21. The molecule has 2 rings (SSSR count). The van der Waals surface area contributed by atoms with Crippen LogP contribution in [0.25, 0.3) is 10.9 Å². The van der Waals surface area contributed by atoms with Crippen LogP contribution in [0.15, 0.2) is 22.9 Å². The molecule has 0 aliphatic heterocycles. The predicted molar refractivity (Wildman–Crippen MR) is 79.3 cm³/mol. The van der Waals surface area contributed by atoms with Gasteiger partial charge in [-0.25, -0.2) is 13.4 Å². The molecule has 2 heterocycles. The number of sulfonamides is 1. The summed E-state index contributed by atoms with van der Waals surface area (Å²) in [5.41, 5.74) is 0.835. The normalized spacial score (nSPS) is 11.4. The number of anilines is 1. The zero-order valence-corrected chi connectivity index (χ0v) is 12.4. The van der Waals surface area contributed by atoms with Crippen LogP contribution < -0.4 is 4.72 Å². The maximum atomic E-state index is 11.9. The van der Waals surface area contributed by atoms with Crippen LogP contribution in [0.3, 0.4) is 0 Å². The second kappa shape index (κ2) is 5.63. The first-order valence-electron chi connectivity index (χ1n) is 5.59. The van der Waals surface area contributed by atoms with E-state index in [-0.39, 0.29) is 11.6 Å². The number of fused-ring (bicyclic) bond motifs is 1. The molecule has 0 radical (unpaired) electrons. The number of pyridine rings is 1. The van der Waals surface area contributed by atoms with E-state index >= 15 is 0 Å². The maximum Gasteiger partial charge on any atom is 0.233 e. The van der Waals surface area contributed by atoms with Gasteiger partial charge in [0.1, 0.15) is 0 Å². The van der Waals surface area contributed by atoms with E-state index in [2.05, 4.69) is 36.5 Å². The third-order valence-corrected chi connectivity index (χ3v) is 4.67. The SMILES string of the molecule is C#CCCCS(=O)(=O)Nc1ncc2[nH]ccc2c1Br. The second-order valence-electron chi connectivity index (χ2n) is 3.95. The van der Waals surface area contributed by atoms with Gasteiger partial charge in [-0.05, 0) is 28.4 Å². The van der Waals surface area contributed by atoms with Gasteiger partial charge in [-0.15, -0.1) is 12.3 Å². The Hall–Kier alpha value is -1.52. The summed E-state index contributed by atoms with van der Waals surface area (Å²) in [5.74, 6) is 2.68. The third-order valence-electron chi connectivity index (χ3n) is 2.53. The number of H-pyrrole nitrogens is 1. The molecule has 19 heavy (non-hydrogen) atoms. The number of terminal acetylenes is 1. The molecule has 0 saturated carbocycles. The number of rotatable bonds is 5. The Kier molecular flexibility index (Phi) is 4.12. The molecule has 0 aliphatic carbocycles. The molecule has 2 aromatic rings. The van der Waals surface area contributed by atoms with Crippen LogP contribution >= 0.6 is 15.9 Å². The van der Waals surface area contributed by atoms with E-state index in [1.54, 1.807) is 12.4 Å². The van der Waals surface area contributed by atoms with Gasteiger partial charge in [0.15, 0.2) is 5.82 Å². The fourth-order valence-electron chi connectivity index (χ4n) is 1.63. The highest BCUT2D eigenvalue weighted by molar-refractivity contribution is 9.10. The number of hydrogen-bond acceptors (Lipinski definition) is 3. The van der Waals surface area contributed by atoms with Crippen LogP contribution in [0, 0.1) is 12.3 Å². The van der Waals surface area contributed by atoms with E-state index in [0.29, 0.717) is 17.3 Å². The fraction of sp³-hybridized carbons (Fsp3) is 0.250. The molecule has 0 bridgehead atoms. The van der Waals surface area contributed by atoms with E-state index in [0.717, 1.165) is 10.9 Å². The van der Waals surface area contributed by atoms with Gasteiger partial charge in [0.2, 0.25) is 10.0 Å². The number of hydrogen-bond donors (Lipinski definition) is 2. The summed E-state index contributed by atoms with van der Waals surface area (Å²) in [6.07, 6.45) is 9.31. The molecule has 0 unspecified atom stereocenters. The van der Waals surface area contributed by atoms with E-state index in [4.69, 9.17) is 6.42 Å². The molecule has 0 aromatic carbocycles. The number of nitrogens with one attached hydrogen (secondary N) is 2. The average molecular weight is 342 g/mol. The summed E-state index contributed by atoms with van der Waals surface area (Å²) in [5, 5.41) is 0.872. The predicted octanol–water partition coefficient (Wildman–Crippen LogP) is 2.48. The Bertz CT molecular complexity index is 731. The molecular formula is C12H12BrN3O2S. The minimum atomic E-state index is -3.43. The molecule has 0 aliphatic rings. The topological polar surface area (TPSA) is 74.8 Å². The van der Waals surface area contributed by atoms with Crippen LogP contribution in [0.4, 0.5) is 5.82 Å². The first-order valence-corrected chi connectivity index (χ1v) is 8.03. The van der Waals surface area contributed by atoms with Crippen LogP contribution in [-0.2, 0) is 10.0 Å². The van der Waals surface area contributed by atoms with Crippen molar-refractivity contribution >= 4 is 42.7 Å². The van der Waals surface area contributed by atoms with Crippen molar-refractivity contribution in [1.29, 1.82) is 0 Å². The van der Waals surface area contributed by atoms with Crippen LogP contribution in [0.1, 0.15) is 12.8 Å². The lowest BCUT2D eigenvalue weighted by Crippen LogP contribution is -2.17. The summed E-state index contributed by atoms with van der Waals surface area (Å²) >= 11 is 3.35. The standard InChI is InChI=1S/C12H12BrN3O2S/c1-2-3-4-7-19(17,18)16-12-11(13)9-5-6-14-10(9)8-15-12/h1,5-6,8,14H,3-4,7H2,(H,15,16). The van der Waals surface area contributed by atoms with Crippen molar-refractivity contribution in [3.63, 3.8) is 0 Å². The summed E-state index contributed by atoms with van der Waals surface area (Å²) < 4.78 is 26.8. The molecule has 100 valence electrons. The van der Waals surface area contributed by atoms with E-state index in [1.807, 2.05) is 6.07 Å². The molecule has 0 fully saturated rings. The van der Waals surface area contributed by atoms with E-state index in [9.17, 15) is 8.42 Å². The maximum absolute atomic E-state index is 11.9. The summed E-state index contributed by atoms with van der Waals surface area (Å²) in [6.45, 7) is 0. The molecule has 2 N–H and O–H groups in total. The van der Waals surface area contributed by atoms with Crippen molar-refractivity contribution in [1.82, 2.24) is 9.97 Å². The molecule has 2 aromatic heterocycles. The molecule has 5 nitrogen and oxygen atoms in total. The van der Waals surface area contributed by atoms with Crippen molar-refractivity contribution < 1.29 is 8.42 Å². The number of halogens is 1. The van der Waals surface area contributed by atoms with Crippen LogP contribution in [0.2, 0.25) is 0 Å². The van der Waals surface area contributed by atoms with Crippen molar-refractivity contribution in [2.24, 2.45) is 0 Å². The lowest BCUT2D eigenvalue weighted by molar-refractivity contribution is 0.598. The number of aromatic nitrogens is 2. The lowest BCUT2D eigenvalue weighted by atomic mass is 10.3. The molecule has 0 amide bonds. The summed E-state index contributed by atoms with van der Waals surface area (Å²) in [6, 6.07) is 1.84. The smallest absolute Gasteiger partial charge is 0.233 e. The monoisotopic (exact) mass is 341 g/mol. The van der Waals surface area contributed by atoms with Gasteiger partial charge >= 0.3 is 0 Å². The zero-order valence-electron chi connectivity index (χ0n) is 9.98.